The SMILES string of the molecule is N[C@H]1CC[C@H](CNC(=O)[C@@H]2CCCN2)CC1. The van der Waals surface area contributed by atoms with E-state index in [1.165, 1.54) is 12.8 Å². The Morgan fingerprint density at radius 2 is 2.00 bits per heavy atom. The maximum absolute atomic E-state index is 11.8. The van der Waals surface area contributed by atoms with E-state index in [9.17, 15) is 4.79 Å². The molecule has 0 aromatic carbocycles. The van der Waals surface area contributed by atoms with Crippen LogP contribution in [-0.4, -0.2) is 31.1 Å². The number of amides is 1. The number of carbonyl (C=O) groups excluding carboxylic acids is 1. The normalized spacial score (nSPS) is 34.9. The lowest BCUT2D eigenvalue weighted by Crippen LogP contribution is -2.43. The van der Waals surface area contributed by atoms with Gasteiger partial charge in [-0.05, 0) is 51.0 Å². The van der Waals surface area contributed by atoms with Crippen molar-refractivity contribution in [3.8, 4) is 0 Å². The van der Waals surface area contributed by atoms with E-state index >= 15 is 0 Å². The van der Waals surface area contributed by atoms with Crippen LogP contribution in [0.2, 0.25) is 0 Å². The van der Waals surface area contributed by atoms with Gasteiger partial charge >= 0.3 is 0 Å². The Hall–Kier alpha value is -0.610. The van der Waals surface area contributed by atoms with E-state index in [0.29, 0.717) is 12.0 Å². The fourth-order valence-corrected chi connectivity index (χ4v) is 2.67. The predicted octanol–water partition coefficient (Wildman–Crippen LogP) is 0.372. The molecule has 0 spiro atoms. The molecular formula is C12H23N3O. The monoisotopic (exact) mass is 225 g/mol. The first-order valence-electron chi connectivity index (χ1n) is 6.52. The molecule has 0 aromatic heterocycles. The van der Waals surface area contributed by atoms with Crippen LogP contribution in [0.15, 0.2) is 0 Å². The molecule has 1 aliphatic heterocycles. The third-order valence-electron chi connectivity index (χ3n) is 3.83. The van der Waals surface area contributed by atoms with E-state index in [1.54, 1.807) is 0 Å². The second-order valence-corrected chi connectivity index (χ2v) is 5.17. The number of hydrogen-bond acceptors (Lipinski definition) is 3. The Labute approximate surface area is 97.3 Å². The summed E-state index contributed by atoms with van der Waals surface area (Å²) in [6.45, 7) is 1.82. The highest BCUT2D eigenvalue weighted by Gasteiger charge is 2.23. The highest BCUT2D eigenvalue weighted by molar-refractivity contribution is 5.81. The predicted molar refractivity (Wildman–Crippen MR) is 64.0 cm³/mol. The first kappa shape index (κ1) is 11.9. The van der Waals surface area contributed by atoms with E-state index in [1.807, 2.05) is 0 Å². The molecule has 1 saturated carbocycles. The third kappa shape index (κ3) is 3.19. The topological polar surface area (TPSA) is 67.1 Å². The highest BCUT2D eigenvalue weighted by atomic mass is 16.2. The van der Waals surface area contributed by atoms with Crippen molar-refractivity contribution in [1.29, 1.82) is 0 Å². The lowest BCUT2D eigenvalue weighted by atomic mass is 9.86. The summed E-state index contributed by atoms with van der Waals surface area (Å²) in [5.41, 5.74) is 5.86. The van der Waals surface area contributed by atoms with Gasteiger partial charge in [-0.1, -0.05) is 0 Å². The summed E-state index contributed by atoms with van der Waals surface area (Å²) in [7, 11) is 0. The number of rotatable bonds is 3. The van der Waals surface area contributed by atoms with Crippen molar-refractivity contribution in [2.24, 2.45) is 11.7 Å². The van der Waals surface area contributed by atoms with Crippen LogP contribution in [0.3, 0.4) is 0 Å². The molecule has 4 heteroatoms. The fourth-order valence-electron chi connectivity index (χ4n) is 2.67. The van der Waals surface area contributed by atoms with E-state index in [2.05, 4.69) is 10.6 Å². The summed E-state index contributed by atoms with van der Waals surface area (Å²) in [6.07, 6.45) is 6.67. The molecule has 0 unspecified atom stereocenters. The molecule has 16 heavy (non-hydrogen) atoms. The van der Waals surface area contributed by atoms with Crippen LogP contribution in [0, 0.1) is 5.92 Å². The second kappa shape index (κ2) is 5.64. The summed E-state index contributed by atoms with van der Waals surface area (Å²) in [5, 5.41) is 6.29. The van der Waals surface area contributed by atoms with Gasteiger partial charge in [-0.3, -0.25) is 4.79 Å². The van der Waals surface area contributed by atoms with Gasteiger partial charge in [-0.15, -0.1) is 0 Å². The lowest BCUT2D eigenvalue weighted by molar-refractivity contribution is -0.123. The third-order valence-corrected chi connectivity index (χ3v) is 3.83. The first-order valence-corrected chi connectivity index (χ1v) is 6.52. The molecule has 1 amide bonds. The molecule has 4 N–H and O–H groups in total. The molecule has 2 aliphatic rings. The minimum atomic E-state index is 0.0610. The quantitative estimate of drug-likeness (QED) is 0.650. The number of carbonyl (C=O) groups is 1. The van der Waals surface area contributed by atoms with Crippen molar-refractivity contribution in [2.45, 2.75) is 50.6 Å². The Morgan fingerprint density at radius 3 is 2.62 bits per heavy atom. The molecule has 0 aromatic rings. The summed E-state index contributed by atoms with van der Waals surface area (Å²) >= 11 is 0. The van der Waals surface area contributed by atoms with Crippen molar-refractivity contribution >= 4 is 5.91 Å². The average molecular weight is 225 g/mol. The number of nitrogens with two attached hydrogens (primary N) is 1. The van der Waals surface area contributed by atoms with E-state index in [0.717, 1.165) is 38.8 Å². The number of hydrogen-bond donors (Lipinski definition) is 3. The van der Waals surface area contributed by atoms with Gasteiger partial charge in [-0.2, -0.15) is 0 Å². The van der Waals surface area contributed by atoms with Crippen LogP contribution < -0.4 is 16.4 Å². The van der Waals surface area contributed by atoms with Crippen molar-refractivity contribution in [1.82, 2.24) is 10.6 Å². The number of nitrogens with one attached hydrogen (secondary N) is 2. The molecule has 1 saturated heterocycles. The van der Waals surface area contributed by atoms with Gasteiger partial charge in [-0.25, -0.2) is 0 Å². The fraction of sp³-hybridized carbons (Fsp3) is 0.917. The second-order valence-electron chi connectivity index (χ2n) is 5.17. The van der Waals surface area contributed by atoms with Gasteiger partial charge < -0.3 is 16.4 Å². The molecule has 2 fully saturated rings. The molecule has 0 radical (unpaired) electrons. The zero-order valence-electron chi connectivity index (χ0n) is 9.87. The Morgan fingerprint density at radius 1 is 1.25 bits per heavy atom. The molecule has 4 nitrogen and oxygen atoms in total. The summed E-state index contributed by atoms with van der Waals surface area (Å²) in [5.74, 6) is 0.831. The van der Waals surface area contributed by atoms with Gasteiger partial charge in [0.1, 0.15) is 0 Å². The van der Waals surface area contributed by atoms with Crippen molar-refractivity contribution in [3.63, 3.8) is 0 Å². The average Bonchev–Trinajstić information content (AvgIpc) is 2.81. The van der Waals surface area contributed by atoms with Crippen molar-refractivity contribution in [3.05, 3.63) is 0 Å². The van der Waals surface area contributed by atoms with Gasteiger partial charge in [0.15, 0.2) is 0 Å². The lowest BCUT2D eigenvalue weighted by Gasteiger charge is -2.26. The Balaban J connectivity index is 1.65. The van der Waals surface area contributed by atoms with Gasteiger partial charge in [0.25, 0.3) is 0 Å². The summed E-state index contributed by atoms with van der Waals surface area (Å²) in [6, 6.07) is 0.453. The zero-order valence-corrected chi connectivity index (χ0v) is 9.87. The minimum absolute atomic E-state index is 0.0610. The van der Waals surface area contributed by atoms with Crippen LogP contribution in [0.4, 0.5) is 0 Å². The largest absolute Gasteiger partial charge is 0.354 e. The van der Waals surface area contributed by atoms with Gasteiger partial charge in [0, 0.05) is 12.6 Å². The molecule has 2 rings (SSSR count). The Kier molecular flexibility index (Phi) is 4.18. The van der Waals surface area contributed by atoms with E-state index in [-0.39, 0.29) is 11.9 Å². The van der Waals surface area contributed by atoms with Crippen LogP contribution in [0.1, 0.15) is 38.5 Å². The van der Waals surface area contributed by atoms with Crippen LogP contribution in [0.25, 0.3) is 0 Å². The van der Waals surface area contributed by atoms with Crippen molar-refractivity contribution in [2.75, 3.05) is 13.1 Å². The van der Waals surface area contributed by atoms with Crippen molar-refractivity contribution < 1.29 is 4.79 Å². The maximum atomic E-state index is 11.8. The maximum Gasteiger partial charge on any atom is 0.237 e. The summed E-state index contributed by atoms with van der Waals surface area (Å²) in [4.78, 5) is 11.8. The molecule has 1 atom stereocenters. The van der Waals surface area contributed by atoms with Crippen LogP contribution >= 0.6 is 0 Å². The van der Waals surface area contributed by atoms with Crippen LogP contribution in [0.5, 0.6) is 0 Å². The van der Waals surface area contributed by atoms with Gasteiger partial charge in [0.2, 0.25) is 5.91 Å². The highest BCUT2D eigenvalue weighted by Crippen LogP contribution is 2.22. The first-order chi connectivity index (χ1) is 7.75. The molecular weight excluding hydrogens is 202 g/mol. The molecule has 0 bridgehead atoms. The van der Waals surface area contributed by atoms with Crippen LogP contribution in [-0.2, 0) is 4.79 Å². The zero-order chi connectivity index (χ0) is 11.4. The molecule has 1 heterocycles. The van der Waals surface area contributed by atoms with Gasteiger partial charge in [0.05, 0.1) is 6.04 Å². The molecule has 1 aliphatic carbocycles. The summed E-state index contributed by atoms with van der Waals surface area (Å²) < 4.78 is 0. The molecule has 92 valence electrons. The minimum Gasteiger partial charge on any atom is -0.354 e. The van der Waals surface area contributed by atoms with E-state index in [4.69, 9.17) is 5.73 Å². The standard InChI is InChI=1S/C12H23N3O/c13-10-5-3-9(4-6-10)8-15-12(16)11-2-1-7-14-11/h9-11,14H,1-8,13H2,(H,15,16)/t9-,10-,11-/m0/s1. The Bertz CT molecular complexity index is 230. The van der Waals surface area contributed by atoms with E-state index < -0.39 is 0 Å². The smallest absolute Gasteiger partial charge is 0.237 e.